The summed E-state index contributed by atoms with van der Waals surface area (Å²) in [7, 11) is 1.72. The van der Waals surface area contributed by atoms with E-state index in [9.17, 15) is 0 Å². The van der Waals surface area contributed by atoms with Crippen molar-refractivity contribution in [2.24, 2.45) is 0 Å². The molecule has 1 rings (SSSR count). The molecule has 0 unspecified atom stereocenters. The van der Waals surface area contributed by atoms with Crippen LogP contribution in [0.1, 0.15) is 42.3 Å². The van der Waals surface area contributed by atoms with E-state index in [2.05, 4.69) is 24.1 Å². The average Bonchev–Trinajstić information content (AvgIpc) is 2.63. The van der Waals surface area contributed by atoms with Crippen molar-refractivity contribution in [1.29, 1.82) is 0 Å². The van der Waals surface area contributed by atoms with Crippen molar-refractivity contribution >= 4 is 11.3 Å². The molecule has 0 saturated carbocycles. The number of methoxy groups -OCH3 is 1. The topological polar surface area (TPSA) is 34.1 Å². The first-order chi connectivity index (χ1) is 7.81. The monoisotopic (exact) mass is 242 g/mol. The second kappa shape index (κ2) is 7.76. The molecule has 92 valence electrons. The predicted molar refractivity (Wildman–Crippen MR) is 68.8 cm³/mol. The third kappa shape index (κ3) is 4.20. The minimum Gasteiger partial charge on any atom is -0.378 e. The van der Waals surface area contributed by atoms with Gasteiger partial charge in [-0.2, -0.15) is 0 Å². The van der Waals surface area contributed by atoms with Crippen LogP contribution >= 0.6 is 11.3 Å². The first-order valence-electron chi connectivity index (χ1n) is 5.98. The molecule has 0 aliphatic rings. The highest BCUT2D eigenvalue weighted by Crippen LogP contribution is 2.20. The summed E-state index contributed by atoms with van der Waals surface area (Å²) in [6.45, 7) is 7.03. The van der Waals surface area contributed by atoms with E-state index in [0.717, 1.165) is 30.9 Å². The van der Waals surface area contributed by atoms with Crippen LogP contribution in [0, 0.1) is 0 Å². The number of thiazole rings is 1. The van der Waals surface area contributed by atoms with Gasteiger partial charge in [-0.3, -0.25) is 0 Å². The zero-order valence-corrected chi connectivity index (χ0v) is 11.3. The Kier molecular flexibility index (Phi) is 6.61. The van der Waals surface area contributed by atoms with Gasteiger partial charge in [0.25, 0.3) is 0 Å². The summed E-state index contributed by atoms with van der Waals surface area (Å²) in [4.78, 5) is 6.00. The van der Waals surface area contributed by atoms with E-state index in [0.29, 0.717) is 6.61 Å². The first kappa shape index (κ1) is 13.6. The number of hydrogen-bond donors (Lipinski definition) is 1. The van der Waals surface area contributed by atoms with Crippen LogP contribution in [0.4, 0.5) is 0 Å². The molecule has 3 nitrogen and oxygen atoms in total. The number of ether oxygens (including phenoxy) is 1. The van der Waals surface area contributed by atoms with Crippen LogP contribution in [0.5, 0.6) is 0 Å². The van der Waals surface area contributed by atoms with Crippen molar-refractivity contribution in [3.63, 3.8) is 0 Å². The summed E-state index contributed by atoms with van der Waals surface area (Å²) in [5, 5.41) is 4.53. The molecule has 16 heavy (non-hydrogen) atoms. The molecule has 0 spiro atoms. The fourth-order valence-electron chi connectivity index (χ4n) is 1.57. The SMILES string of the molecule is CCCNCc1sc(COC)nc1CCC. The molecule has 4 heteroatoms. The molecule has 0 fully saturated rings. The smallest absolute Gasteiger partial charge is 0.119 e. The van der Waals surface area contributed by atoms with Crippen LogP contribution in [0.25, 0.3) is 0 Å². The van der Waals surface area contributed by atoms with Gasteiger partial charge in [0.2, 0.25) is 0 Å². The summed E-state index contributed by atoms with van der Waals surface area (Å²) in [6, 6.07) is 0. The zero-order chi connectivity index (χ0) is 11.8. The van der Waals surface area contributed by atoms with Crippen molar-refractivity contribution in [1.82, 2.24) is 10.3 Å². The van der Waals surface area contributed by atoms with E-state index < -0.39 is 0 Å². The fraction of sp³-hybridized carbons (Fsp3) is 0.750. The molecular formula is C12H22N2OS. The van der Waals surface area contributed by atoms with Gasteiger partial charge in [-0.15, -0.1) is 11.3 Å². The Morgan fingerprint density at radius 1 is 1.31 bits per heavy atom. The van der Waals surface area contributed by atoms with Gasteiger partial charge in [-0.1, -0.05) is 20.3 Å². The van der Waals surface area contributed by atoms with Gasteiger partial charge in [0.05, 0.1) is 12.3 Å². The summed E-state index contributed by atoms with van der Waals surface area (Å²) in [5.74, 6) is 0. The summed E-state index contributed by atoms with van der Waals surface area (Å²) in [5.41, 5.74) is 1.25. The fourth-order valence-corrected chi connectivity index (χ4v) is 2.63. The van der Waals surface area contributed by atoms with Crippen LogP contribution in [-0.4, -0.2) is 18.6 Å². The van der Waals surface area contributed by atoms with E-state index in [1.165, 1.54) is 17.0 Å². The van der Waals surface area contributed by atoms with E-state index in [1.54, 1.807) is 18.4 Å². The highest BCUT2D eigenvalue weighted by atomic mass is 32.1. The van der Waals surface area contributed by atoms with Crippen LogP contribution in [0.15, 0.2) is 0 Å². The minimum absolute atomic E-state index is 0.634. The lowest BCUT2D eigenvalue weighted by Gasteiger charge is -2.02. The van der Waals surface area contributed by atoms with Crippen molar-refractivity contribution in [3.05, 3.63) is 15.6 Å². The van der Waals surface area contributed by atoms with E-state index in [-0.39, 0.29) is 0 Å². The van der Waals surface area contributed by atoms with E-state index in [1.807, 2.05) is 0 Å². The molecule has 0 amide bonds. The molecule has 0 aromatic carbocycles. The number of nitrogens with zero attached hydrogens (tertiary/aromatic N) is 1. The Morgan fingerprint density at radius 2 is 2.12 bits per heavy atom. The van der Waals surface area contributed by atoms with E-state index >= 15 is 0 Å². The molecule has 1 aromatic heterocycles. The summed E-state index contributed by atoms with van der Waals surface area (Å²) < 4.78 is 5.13. The van der Waals surface area contributed by atoms with Gasteiger partial charge < -0.3 is 10.1 Å². The summed E-state index contributed by atoms with van der Waals surface area (Å²) in [6.07, 6.45) is 3.40. The normalized spacial score (nSPS) is 10.9. The average molecular weight is 242 g/mol. The predicted octanol–water partition coefficient (Wildman–Crippen LogP) is 2.74. The maximum absolute atomic E-state index is 5.13. The summed E-state index contributed by atoms with van der Waals surface area (Å²) >= 11 is 1.78. The quantitative estimate of drug-likeness (QED) is 0.712. The Hall–Kier alpha value is -0.450. The van der Waals surface area contributed by atoms with Gasteiger partial charge in [0.15, 0.2) is 0 Å². The van der Waals surface area contributed by atoms with Gasteiger partial charge in [0, 0.05) is 18.5 Å². The second-order valence-electron chi connectivity index (χ2n) is 3.84. The zero-order valence-electron chi connectivity index (χ0n) is 10.5. The highest BCUT2D eigenvalue weighted by Gasteiger charge is 2.09. The van der Waals surface area contributed by atoms with Crippen molar-refractivity contribution < 1.29 is 4.74 Å². The van der Waals surface area contributed by atoms with Crippen molar-refractivity contribution in [2.75, 3.05) is 13.7 Å². The lowest BCUT2D eigenvalue weighted by atomic mass is 10.2. The van der Waals surface area contributed by atoms with Gasteiger partial charge in [-0.05, 0) is 19.4 Å². The second-order valence-corrected chi connectivity index (χ2v) is 5.01. The lowest BCUT2D eigenvalue weighted by molar-refractivity contribution is 0.184. The van der Waals surface area contributed by atoms with Crippen LogP contribution in [0.2, 0.25) is 0 Å². The molecule has 0 radical (unpaired) electrons. The minimum atomic E-state index is 0.634. The number of nitrogens with one attached hydrogen (secondary N) is 1. The molecule has 0 bridgehead atoms. The number of aryl methyl sites for hydroxylation is 1. The molecule has 0 saturated heterocycles. The maximum Gasteiger partial charge on any atom is 0.119 e. The molecule has 1 heterocycles. The maximum atomic E-state index is 5.13. The molecule has 0 atom stereocenters. The van der Waals surface area contributed by atoms with Crippen molar-refractivity contribution in [3.8, 4) is 0 Å². The Morgan fingerprint density at radius 3 is 2.75 bits per heavy atom. The van der Waals surface area contributed by atoms with Gasteiger partial charge in [0.1, 0.15) is 5.01 Å². The standard InChI is InChI=1S/C12H22N2OS/c1-4-6-10-11(8-13-7-5-2)16-12(14-10)9-15-3/h13H,4-9H2,1-3H3. The third-order valence-electron chi connectivity index (χ3n) is 2.29. The molecule has 0 aliphatic heterocycles. The molecular weight excluding hydrogens is 220 g/mol. The third-order valence-corrected chi connectivity index (χ3v) is 3.36. The Labute approximate surface area is 102 Å². The van der Waals surface area contributed by atoms with Gasteiger partial charge in [-0.25, -0.2) is 4.98 Å². The van der Waals surface area contributed by atoms with E-state index in [4.69, 9.17) is 4.74 Å². The molecule has 1 N–H and O–H groups in total. The number of aromatic nitrogens is 1. The highest BCUT2D eigenvalue weighted by molar-refractivity contribution is 7.11. The lowest BCUT2D eigenvalue weighted by Crippen LogP contribution is -2.13. The Bertz CT molecular complexity index is 299. The first-order valence-corrected chi connectivity index (χ1v) is 6.80. The number of rotatable bonds is 8. The van der Waals surface area contributed by atoms with Crippen LogP contribution < -0.4 is 5.32 Å². The molecule has 0 aliphatic carbocycles. The van der Waals surface area contributed by atoms with Gasteiger partial charge >= 0.3 is 0 Å². The largest absolute Gasteiger partial charge is 0.378 e. The van der Waals surface area contributed by atoms with Crippen molar-refractivity contribution in [2.45, 2.75) is 46.3 Å². The number of hydrogen-bond acceptors (Lipinski definition) is 4. The van der Waals surface area contributed by atoms with Crippen LogP contribution in [0.3, 0.4) is 0 Å². The van der Waals surface area contributed by atoms with Crippen LogP contribution in [-0.2, 0) is 24.3 Å². The molecule has 1 aromatic rings. The Balaban J connectivity index is 2.62.